The van der Waals surface area contributed by atoms with Crippen LogP contribution in [0.5, 0.6) is 0 Å². The number of aliphatic imine (C=N–C) groups is 3. The molecule has 3 aliphatic heterocycles. The van der Waals surface area contributed by atoms with Gasteiger partial charge in [-0.1, -0.05) is 24.3 Å². The first-order valence-corrected chi connectivity index (χ1v) is 10.3. The summed E-state index contributed by atoms with van der Waals surface area (Å²) < 4.78 is 5.67. The van der Waals surface area contributed by atoms with Gasteiger partial charge in [0.2, 0.25) is 0 Å². The number of rotatable bonds is 5. The first kappa shape index (κ1) is 19.8. The van der Waals surface area contributed by atoms with Crippen LogP contribution in [0.15, 0.2) is 39.2 Å². The molecule has 9 heteroatoms. The first-order valence-electron chi connectivity index (χ1n) is 10.3. The number of aliphatic hydroxyl groups is 3. The SMILES string of the molecule is Cc1ccccc1C1(CC2(N)N=CN=C3C2=NCN3[C@@H]2O[C@H](CO)[C@@H](O)[C@H]2O)CC1. The average Bonchev–Trinajstić information content (AvgIpc) is 3.26. The Hall–Kier alpha value is -2.17. The quantitative estimate of drug-likeness (QED) is 0.522. The molecule has 1 unspecified atom stereocenters. The van der Waals surface area contributed by atoms with Crippen molar-refractivity contribution in [3.63, 3.8) is 0 Å². The van der Waals surface area contributed by atoms with Crippen LogP contribution < -0.4 is 5.73 Å². The van der Waals surface area contributed by atoms with Crippen molar-refractivity contribution in [2.24, 2.45) is 20.7 Å². The standard InChI is InChI=1S/C21H27N5O4/c1-12-4-2-3-5-13(12)20(6-7-20)9-21(22)17-18(23-10-25-21)26(11-24-17)19-16(29)15(28)14(8-27)30-19/h2-5,10,14-16,19,27-29H,6-9,11,22H2,1H3/t14-,15-,16-,19-,21?/m1/s1. The van der Waals surface area contributed by atoms with Crippen LogP contribution in [0, 0.1) is 6.92 Å². The van der Waals surface area contributed by atoms with Gasteiger partial charge in [0.25, 0.3) is 0 Å². The molecule has 0 radical (unpaired) electrons. The largest absolute Gasteiger partial charge is 0.394 e. The molecule has 5 N–H and O–H groups in total. The normalized spacial score (nSPS) is 36.5. The number of aliphatic hydroxyl groups excluding tert-OH is 3. The molecular weight excluding hydrogens is 386 g/mol. The lowest BCUT2D eigenvalue weighted by molar-refractivity contribution is -0.0688. The molecule has 30 heavy (non-hydrogen) atoms. The Balaban J connectivity index is 1.40. The van der Waals surface area contributed by atoms with Gasteiger partial charge in [0.05, 0.1) is 6.61 Å². The lowest BCUT2D eigenvalue weighted by Gasteiger charge is -2.34. The number of amidine groups is 1. The summed E-state index contributed by atoms with van der Waals surface area (Å²) in [6.07, 6.45) is 0.0668. The van der Waals surface area contributed by atoms with Gasteiger partial charge < -0.3 is 30.7 Å². The second kappa shape index (κ2) is 6.93. The van der Waals surface area contributed by atoms with E-state index in [0.717, 1.165) is 12.8 Å². The summed E-state index contributed by atoms with van der Waals surface area (Å²) in [4.78, 5) is 15.2. The van der Waals surface area contributed by atoms with Gasteiger partial charge in [0, 0.05) is 6.42 Å². The minimum absolute atomic E-state index is 0.0304. The van der Waals surface area contributed by atoms with Gasteiger partial charge in [-0.2, -0.15) is 0 Å². The Morgan fingerprint density at radius 3 is 2.67 bits per heavy atom. The van der Waals surface area contributed by atoms with E-state index in [1.807, 2.05) is 6.07 Å². The second-order valence-corrected chi connectivity index (χ2v) is 8.74. The monoisotopic (exact) mass is 413 g/mol. The van der Waals surface area contributed by atoms with E-state index < -0.39 is 30.2 Å². The molecule has 2 fully saturated rings. The van der Waals surface area contributed by atoms with Crippen LogP contribution in [0.25, 0.3) is 0 Å². The summed E-state index contributed by atoms with van der Waals surface area (Å²) in [5, 5.41) is 29.9. The van der Waals surface area contributed by atoms with Crippen LogP contribution in [-0.2, 0) is 10.2 Å². The van der Waals surface area contributed by atoms with Gasteiger partial charge >= 0.3 is 0 Å². The number of hydrogen-bond acceptors (Lipinski definition) is 9. The summed E-state index contributed by atoms with van der Waals surface area (Å²) in [6, 6.07) is 8.37. The van der Waals surface area contributed by atoms with Gasteiger partial charge in [0.15, 0.2) is 17.7 Å². The number of fused-ring (bicyclic) bond motifs is 1. The summed E-state index contributed by atoms with van der Waals surface area (Å²) >= 11 is 0. The molecule has 0 amide bonds. The first-order chi connectivity index (χ1) is 14.4. The van der Waals surface area contributed by atoms with E-state index in [4.69, 9.17) is 10.5 Å². The molecule has 0 bridgehead atoms. The minimum Gasteiger partial charge on any atom is -0.394 e. The smallest absolute Gasteiger partial charge is 0.162 e. The van der Waals surface area contributed by atoms with E-state index in [0.29, 0.717) is 18.0 Å². The molecule has 0 aromatic heterocycles. The minimum atomic E-state index is -1.19. The van der Waals surface area contributed by atoms with Crippen LogP contribution >= 0.6 is 0 Å². The van der Waals surface area contributed by atoms with Crippen molar-refractivity contribution >= 4 is 17.9 Å². The number of aryl methyl sites for hydroxylation is 1. The highest BCUT2D eigenvalue weighted by molar-refractivity contribution is 6.47. The third-order valence-corrected chi connectivity index (χ3v) is 6.75. The van der Waals surface area contributed by atoms with E-state index >= 15 is 0 Å². The molecule has 1 saturated heterocycles. The summed E-state index contributed by atoms with van der Waals surface area (Å²) in [5.74, 6) is 0.503. The zero-order valence-electron chi connectivity index (χ0n) is 16.8. The van der Waals surface area contributed by atoms with E-state index in [2.05, 4.69) is 40.1 Å². The molecular formula is C21H27N5O4. The van der Waals surface area contributed by atoms with Crippen molar-refractivity contribution in [3.8, 4) is 0 Å². The maximum atomic E-state index is 10.4. The van der Waals surface area contributed by atoms with Crippen molar-refractivity contribution in [1.82, 2.24) is 4.90 Å². The Morgan fingerprint density at radius 1 is 1.23 bits per heavy atom. The summed E-state index contributed by atoms with van der Waals surface area (Å²) in [7, 11) is 0. The van der Waals surface area contributed by atoms with Crippen molar-refractivity contribution in [3.05, 3.63) is 35.4 Å². The van der Waals surface area contributed by atoms with Gasteiger partial charge in [-0.3, -0.25) is 4.99 Å². The highest BCUT2D eigenvalue weighted by Gasteiger charge is 2.55. The zero-order chi connectivity index (χ0) is 21.1. The molecule has 3 heterocycles. The molecule has 5 rings (SSSR count). The Kier molecular flexibility index (Phi) is 4.57. The number of benzene rings is 1. The number of nitrogens with two attached hydrogens (primary N) is 1. The number of ether oxygens (including phenoxy) is 1. The highest BCUT2D eigenvalue weighted by atomic mass is 16.6. The van der Waals surface area contributed by atoms with Crippen molar-refractivity contribution < 1.29 is 20.1 Å². The van der Waals surface area contributed by atoms with Crippen molar-refractivity contribution in [2.45, 2.75) is 61.8 Å². The summed E-state index contributed by atoms with van der Waals surface area (Å²) in [6.45, 7) is 1.93. The maximum absolute atomic E-state index is 10.4. The fourth-order valence-electron chi connectivity index (χ4n) is 4.98. The van der Waals surface area contributed by atoms with E-state index in [-0.39, 0.29) is 18.7 Å². The molecule has 0 spiro atoms. The predicted molar refractivity (Wildman–Crippen MR) is 111 cm³/mol. The van der Waals surface area contributed by atoms with Crippen molar-refractivity contribution in [1.29, 1.82) is 0 Å². The van der Waals surface area contributed by atoms with E-state index in [1.54, 1.807) is 4.90 Å². The lowest BCUT2D eigenvalue weighted by atomic mass is 9.82. The molecule has 1 aromatic carbocycles. The third kappa shape index (κ3) is 2.92. The molecule has 160 valence electrons. The Labute approximate surface area is 174 Å². The van der Waals surface area contributed by atoms with Crippen LogP contribution in [0.4, 0.5) is 0 Å². The van der Waals surface area contributed by atoms with E-state index in [1.165, 1.54) is 17.5 Å². The lowest BCUT2D eigenvalue weighted by Crippen LogP contribution is -2.56. The third-order valence-electron chi connectivity index (χ3n) is 6.75. The molecule has 1 aromatic rings. The number of hydrogen-bond donors (Lipinski definition) is 4. The van der Waals surface area contributed by atoms with Gasteiger partial charge in [-0.15, -0.1) is 0 Å². The van der Waals surface area contributed by atoms with Crippen molar-refractivity contribution in [2.75, 3.05) is 13.3 Å². The molecule has 5 atom stereocenters. The van der Waals surface area contributed by atoms with Gasteiger partial charge in [0.1, 0.15) is 37.0 Å². The fraction of sp³-hybridized carbons (Fsp3) is 0.571. The Bertz CT molecular complexity index is 943. The average molecular weight is 413 g/mol. The number of nitrogens with zero attached hydrogens (tertiary/aromatic N) is 4. The fourth-order valence-corrected chi connectivity index (χ4v) is 4.98. The van der Waals surface area contributed by atoms with Gasteiger partial charge in [-0.05, 0) is 36.3 Å². The molecule has 4 aliphatic rings. The van der Waals surface area contributed by atoms with Crippen LogP contribution in [0.2, 0.25) is 0 Å². The molecule has 1 saturated carbocycles. The Morgan fingerprint density at radius 2 is 2.00 bits per heavy atom. The maximum Gasteiger partial charge on any atom is 0.162 e. The second-order valence-electron chi connectivity index (χ2n) is 8.74. The van der Waals surface area contributed by atoms with Gasteiger partial charge in [-0.25, -0.2) is 9.98 Å². The predicted octanol–water partition coefficient (Wildman–Crippen LogP) is -0.335. The van der Waals surface area contributed by atoms with Crippen LogP contribution in [0.3, 0.4) is 0 Å². The van der Waals surface area contributed by atoms with Crippen LogP contribution in [-0.4, -0.2) is 81.6 Å². The topological polar surface area (TPSA) is 136 Å². The van der Waals surface area contributed by atoms with E-state index in [9.17, 15) is 15.3 Å². The highest BCUT2D eigenvalue weighted by Crippen LogP contribution is 2.54. The zero-order valence-corrected chi connectivity index (χ0v) is 16.8. The van der Waals surface area contributed by atoms with Crippen LogP contribution in [0.1, 0.15) is 30.4 Å². The summed E-state index contributed by atoms with van der Waals surface area (Å²) in [5.41, 5.74) is 8.87. The molecule has 1 aliphatic carbocycles. The molecule has 9 nitrogen and oxygen atoms in total.